The number of urea groups is 1. The maximum Gasteiger partial charge on any atom is 0.319 e. The Labute approximate surface area is 253 Å². The molecule has 0 aromatic carbocycles. The highest BCUT2D eigenvalue weighted by Crippen LogP contribution is 2.45. The number of nitrogens with zero attached hydrogens (tertiary/aromatic N) is 6. The van der Waals surface area contributed by atoms with E-state index in [2.05, 4.69) is 30.5 Å². The molecule has 0 bridgehead atoms. The lowest BCUT2D eigenvalue weighted by molar-refractivity contribution is -0.765. The van der Waals surface area contributed by atoms with Crippen molar-refractivity contribution in [3.63, 3.8) is 0 Å². The molecule has 16 heteroatoms. The van der Waals surface area contributed by atoms with Crippen LogP contribution in [0, 0.1) is 5.92 Å². The van der Waals surface area contributed by atoms with Gasteiger partial charge in [-0.1, -0.05) is 12.1 Å². The molecule has 5 N–H and O–H groups in total. The Morgan fingerprint density at radius 2 is 2.07 bits per heavy atom. The van der Waals surface area contributed by atoms with Crippen LogP contribution in [0.5, 0.6) is 0 Å². The molecule has 0 radical (unpaired) electrons. The number of nitrogens with two attached hydrogens (primary N) is 1. The average Bonchev–Trinajstić information content (AvgIpc) is 3.48. The van der Waals surface area contributed by atoms with Crippen molar-refractivity contribution in [2.75, 3.05) is 35.7 Å². The number of thioether (sulfide) groups is 1. The van der Waals surface area contributed by atoms with Crippen LogP contribution in [0.25, 0.3) is 0 Å². The normalized spacial score (nSPS) is 18.9. The average molecular weight is 620 g/mol. The Morgan fingerprint density at radius 1 is 1.33 bits per heavy atom. The number of oxime groups is 1. The first-order valence-corrected chi connectivity index (χ1v) is 15.5. The van der Waals surface area contributed by atoms with Crippen LogP contribution in [0.3, 0.4) is 0 Å². The topological polar surface area (TPSA) is 173 Å². The van der Waals surface area contributed by atoms with Gasteiger partial charge in [-0.15, -0.1) is 21.1 Å². The van der Waals surface area contributed by atoms with E-state index in [1.54, 1.807) is 23.7 Å². The van der Waals surface area contributed by atoms with Gasteiger partial charge in [0.1, 0.15) is 5.60 Å². The first-order chi connectivity index (χ1) is 19.8. The number of rotatable bonds is 11. The fourth-order valence-electron chi connectivity index (χ4n) is 4.65. The Hall–Kier alpha value is -3.66. The van der Waals surface area contributed by atoms with Gasteiger partial charge in [0, 0.05) is 48.6 Å². The van der Waals surface area contributed by atoms with Gasteiger partial charge < -0.3 is 26.1 Å². The van der Waals surface area contributed by atoms with Crippen molar-refractivity contribution in [1.82, 2.24) is 24.3 Å². The summed E-state index contributed by atoms with van der Waals surface area (Å²) in [6.07, 6.45) is 2.68. The number of nitrogen functional groups attached to an aromatic ring is 1. The second-order valence-corrected chi connectivity index (χ2v) is 13.0. The van der Waals surface area contributed by atoms with Crippen LogP contribution in [0.1, 0.15) is 53.3 Å². The summed E-state index contributed by atoms with van der Waals surface area (Å²) in [5.74, 6) is 0.568. The highest BCUT2D eigenvalue weighted by atomic mass is 32.2. The van der Waals surface area contributed by atoms with Crippen molar-refractivity contribution in [2.45, 2.75) is 65.0 Å². The number of Topliss-reactive ketones (excluding diaryl/α,β-unsaturated/α-hetero) is 1. The second-order valence-electron chi connectivity index (χ2n) is 11.1. The van der Waals surface area contributed by atoms with Gasteiger partial charge in [-0.2, -0.15) is 9.36 Å². The number of amides is 3. The molecule has 228 valence electrons. The number of β-lactam (4-membered cyclic amide) rings is 1. The Bertz CT molecular complexity index is 1420. The third-order valence-electron chi connectivity index (χ3n) is 6.80. The number of hydrogen-bond donors (Lipinski definition) is 4. The molecule has 4 rings (SSSR count). The summed E-state index contributed by atoms with van der Waals surface area (Å²) >= 11 is 2.59. The van der Waals surface area contributed by atoms with Gasteiger partial charge in [0.2, 0.25) is 17.9 Å². The second kappa shape index (κ2) is 12.7. The maximum absolute atomic E-state index is 13.3. The van der Waals surface area contributed by atoms with Crippen LogP contribution in [0.15, 0.2) is 22.6 Å². The number of nitrogens with one attached hydrogen (secondary N) is 3. The monoisotopic (exact) mass is 619 g/mol. The van der Waals surface area contributed by atoms with Crippen molar-refractivity contribution >= 4 is 63.4 Å². The van der Waals surface area contributed by atoms with E-state index < -0.39 is 11.5 Å². The fraction of sp³-hybridized carbons (Fsp3) is 0.577. The van der Waals surface area contributed by atoms with E-state index in [9.17, 15) is 14.4 Å². The minimum atomic E-state index is -0.629. The van der Waals surface area contributed by atoms with Gasteiger partial charge in [0.25, 0.3) is 0 Å². The van der Waals surface area contributed by atoms with E-state index >= 15 is 0 Å². The minimum absolute atomic E-state index is 0.0335. The lowest BCUT2D eigenvalue weighted by Gasteiger charge is -2.49. The van der Waals surface area contributed by atoms with Crippen LogP contribution >= 0.6 is 23.3 Å². The molecule has 2 aromatic heterocycles. The minimum Gasteiger partial charge on any atom is -0.389 e. The molecular weight excluding hydrogens is 580 g/mol. The third kappa shape index (κ3) is 6.69. The Morgan fingerprint density at radius 3 is 2.69 bits per heavy atom. The van der Waals surface area contributed by atoms with E-state index in [0.29, 0.717) is 24.5 Å². The van der Waals surface area contributed by atoms with Gasteiger partial charge in [-0.3, -0.25) is 14.9 Å². The molecule has 4 heterocycles. The van der Waals surface area contributed by atoms with Crippen LogP contribution in [-0.2, 0) is 28.0 Å². The van der Waals surface area contributed by atoms with Crippen molar-refractivity contribution in [2.24, 2.45) is 18.1 Å². The molecule has 0 unspecified atom stereocenters. The van der Waals surface area contributed by atoms with Crippen LogP contribution in [0.2, 0.25) is 0 Å². The van der Waals surface area contributed by atoms with Gasteiger partial charge in [-0.05, 0) is 34.1 Å². The molecule has 2 aromatic rings. The summed E-state index contributed by atoms with van der Waals surface area (Å²) in [5, 5.41) is 13.0. The molecule has 0 saturated carbocycles. The quantitative estimate of drug-likeness (QED) is 0.127. The highest BCUT2D eigenvalue weighted by molar-refractivity contribution is 8.00. The first kappa shape index (κ1) is 31.3. The molecule has 1 saturated heterocycles. The van der Waals surface area contributed by atoms with E-state index in [-0.39, 0.29) is 46.2 Å². The number of fused-ring (bicyclic) bond motifs is 1. The van der Waals surface area contributed by atoms with Crippen molar-refractivity contribution in [3.05, 3.63) is 23.3 Å². The first-order valence-electron chi connectivity index (χ1n) is 13.7. The Kier molecular flexibility index (Phi) is 9.45. The number of anilines is 3. The van der Waals surface area contributed by atoms with E-state index in [1.165, 1.54) is 0 Å². The number of carbonyl (C=O) groups excluding carboxylic acids is 3. The fourth-order valence-corrected chi connectivity index (χ4v) is 6.61. The summed E-state index contributed by atoms with van der Waals surface area (Å²) in [7, 11) is 3.70. The zero-order valence-electron chi connectivity index (χ0n) is 25.0. The van der Waals surface area contributed by atoms with Gasteiger partial charge in [0.15, 0.2) is 34.7 Å². The van der Waals surface area contributed by atoms with Crippen molar-refractivity contribution in [3.8, 4) is 0 Å². The number of aromatic nitrogens is 4. The summed E-state index contributed by atoms with van der Waals surface area (Å²) in [4.78, 5) is 50.3. The largest absolute Gasteiger partial charge is 0.389 e. The van der Waals surface area contributed by atoms with Gasteiger partial charge in [0.05, 0.1) is 18.3 Å². The highest BCUT2D eigenvalue weighted by Gasteiger charge is 2.52. The molecule has 0 spiro atoms. The molecule has 3 amide bonds. The predicted octanol–water partition coefficient (Wildman–Crippen LogP) is 2.30. The van der Waals surface area contributed by atoms with Gasteiger partial charge >= 0.3 is 6.03 Å². The van der Waals surface area contributed by atoms with E-state index in [0.717, 1.165) is 35.0 Å². The zero-order valence-corrected chi connectivity index (χ0v) is 26.6. The van der Waals surface area contributed by atoms with Crippen LogP contribution < -0.4 is 26.4 Å². The van der Waals surface area contributed by atoms with Crippen molar-refractivity contribution < 1.29 is 23.9 Å². The summed E-state index contributed by atoms with van der Waals surface area (Å²) in [5.41, 5.74) is 7.67. The summed E-state index contributed by atoms with van der Waals surface area (Å²) < 4.78 is 8.04. The van der Waals surface area contributed by atoms with E-state index in [1.807, 2.05) is 57.2 Å². The smallest absolute Gasteiger partial charge is 0.319 e. The lowest BCUT2D eigenvalue weighted by atomic mass is 9.89. The molecule has 42 heavy (non-hydrogen) atoms. The zero-order chi connectivity index (χ0) is 30.8. The van der Waals surface area contributed by atoms with Gasteiger partial charge in [-0.25, -0.2) is 4.79 Å². The Balaban J connectivity index is 1.47. The number of ketones is 1. The predicted molar refractivity (Wildman–Crippen MR) is 163 cm³/mol. The molecule has 2 aliphatic rings. The number of carbonyl (C=O) groups is 3. The summed E-state index contributed by atoms with van der Waals surface area (Å²) in [6.45, 7) is 10.5. The van der Waals surface area contributed by atoms with Crippen LogP contribution in [-0.4, -0.2) is 72.7 Å². The van der Waals surface area contributed by atoms with E-state index in [4.69, 9.17) is 10.6 Å². The van der Waals surface area contributed by atoms with Crippen LogP contribution in [0.4, 0.5) is 21.4 Å². The summed E-state index contributed by atoms with van der Waals surface area (Å²) in [6, 6.07) is -0.267. The molecule has 2 aliphatic heterocycles. The molecular formula is C26H39N10O4S2+. The molecule has 14 nitrogen and oxygen atoms in total. The standard InChI is InChI=1S/C26H38N10O4S2/c1-8-9-29-25(39)30-17-12-35(34(7)21(17)28-6)11-15-13-41-23-16(22(38)36(23)14(15)2)10-18(37)19(32-40-26(3,4)5)20-31-24(27)42-33-20/h12,16,23H,8-11,13H2,1-7H3,(H4,27,29,30,31,33,39)/p+1/b32-19+/t16-,23-/m1/s1. The molecule has 1 fully saturated rings. The maximum atomic E-state index is 13.3. The third-order valence-corrected chi connectivity index (χ3v) is 8.74. The number of allylic oxidation sites excluding steroid dienone is 1. The SMILES string of the molecule is CCCNC(=O)Nc1c[n+](CC2=C(C)N3C(=O)[C@@H](CC(=O)/C(=N\OC(C)(C)C)c4nsc(N)n4)[C@H]3SC2)n(C)c1NC. The molecule has 2 atom stereocenters. The lowest BCUT2D eigenvalue weighted by Crippen LogP contribution is -2.61. The van der Waals surface area contributed by atoms with Crippen molar-refractivity contribution in [1.29, 1.82) is 0 Å². The molecule has 0 aliphatic carbocycles. The number of hydrogen-bond acceptors (Lipinski definition) is 11.